The van der Waals surface area contributed by atoms with Crippen LogP contribution >= 0.6 is 0 Å². The summed E-state index contributed by atoms with van der Waals surface area (Å²) in [7, 11) is 0. The molecule has 0 aromatic carbocycles. The average molecular weight is 240 g/mol. The molecule has 0 unspecified atom stereocenters. The van der Waals surface area contributed by atoms with Gasteiger partial charge in [-0.25, -0.2) is 4.79 Å². The number of carbonyl (C=O) groups excluding carboxylic acids is 1. The molecule has 0 spiro atoms. The molecule has 1 saturated carbocycles. The van der Waals surface area contributed by atoms with Crippen LogP contribution < -0.4 is 5.32 Å². The molecule has 0 aromatic heterocycles. The predicted octanol–water partition coefficient (Wildman–Crippen LogP) is 2.99. The van der Waals surface area contributed by atoms with E-state index in [-0.39, 0.29) is 12.0 Å². The van der Waals surface area contributed by atoms with Crippen molar-refractivity contribution in [3.05, 3.63) is 10.4 Å². The number of carbonyl (C=O) groups is 1. The second kappa shape index (κ2) is 5.77. The number of azide groups is 1. The van der Waals surface area contributed by atoms with Crippen LogP contribution in [0.5, 0.6) is 0 Å². The van der Waals surface area contributed by atoms with Crippen molar-refractivity contribution < 1.29 is 9.53 Å². The maximum atomic E-state index is 11.6. The molecule has 0 heterocycles. The summed E-state index contributed by atoms with van der Waals surface area (Å²) < 4.78 is 5.20. The third kappa shape index (κ3) is 4.95. The van der Waals surface area contributed by atoms with Crippen molar-refractivity contribution in [2.75, 3.05) is 6.54 Å². The fourth-order valence-electron chi connectivity index (χ4n) is 2.05. The number of alkyl carbamates (subject to hydrolysis) is 1. The monoisotopic (exact) mass is 240 g/mol. The Kier molecular flexibility index (Phi) is 4.63. The molecule has 1 fully saturated rings. The molecule has 0 aromatic rings. The Bertz CT molecular complexity index is 318. The molecule has 1 rings (SSSR count). The standard InChI is InChI=1S/C11H20N4O2/c1-11(2,3)17-10(16)14-9-6-4-5-8(9)7-13-15-12/h8-9H,4-7H2,1-3H3,(H,14,16)/t8-,9-/m1/s1. The summed E-state index contributed by atoms with van der Waals surface area (Å²) in [6.07, 6.45) is 2.56. The van der Waals surface area contributed by atoms with Crippen LogP contribution in [0.4, 0.5) is 4.79 Å². The maximum absolute atomic E-state index is 11.6. The highest BCUT2D eigenvalue weighted by Crippen LogP contribution is 2.26. The minimum atomic E-state index is -0.483. The van der Waals surface area contributed by atoms with Crippen LogP contribution in [0, 0.1) is 5.92 Å². The molecular weight excluding hydrogens is 220 g/mol. The van der Waals surface area contributed by atoms with Gasteiger partial charge < -0.3 is 10.1 Å². The van der Waals surface area contributed by atoms with Gasteiger partial charge in [0.1, 0.15) is 5.60 Å². The minimum absolute atomic E-state index is 0.0651. The molecule has 0 aliphatic heterocycles. The van der Waals surface area contributed by atoms with E-state index < -0.39 is 11.7 Å². The first kappa shape index (κ1) is 13.6. The van der Waals surface area contributed by atoms with Gasteiger partial charge in [-0.05, 0) is 45.1 Å². The number of rotatable bonds is 3. The van der Waals surface area contributed by atoms with Gasteiger partial charge in [0, 0.05) is 17.5 Å². The molecule has 1 aliphatic rings. The highest BCUT2D eigenvalue weighted by Gasteiger charge is 2.29. The highest BCUT2D eigenvalue weighted by molar-refractivity contribution is 5.68. The number of hydrogen-bond acceptors (Lipinski definition) is 3. The Morgan fingerprint density at radius 3 is 2.82 bits per heavy atom. The fraction of sp³-hybridized carbons (Fsp3) is 0.909. The normalized spacial score (nSPS) is 23.9. The minimum Gasteiger partial charge on any atom is -0.444 e. The van der Waals surface area contributed by atoms with Gasteiger partial charge >= 0.3 is 6.09 Å². The first-order valence-electron chi connectivity index (χ1n) is 5.93. The third-order valence-corrected chi connectivity index (χ3v) is 2.74. The van der Waals surface area contributed by atoms with Crippen LogP contribution in [-0.2, 0) is 4.74 Å². The van der Waals surface area contributed by atoms with Crippen molar-refractivity contribution in [1.29, 1.82) is 0 Å². The van der Waals surface area contributed by atoms with E-state index in [1.807, 2.05) is 20.8 Å². The molecule has 1 amide bonds. The smallest absolute Gasteiger partial charge is 0.407 e. The van der Waals surface area contributed by atoms with Crippen LogP contribution in [0.2, 0.25) is 0 Å². The van der Waals surface area contributed by atoms with E-state index in [9.17, 15) is 4.79 Å². The second-order valence-corrected chi connectivity index (χ2v) is 5.36. The molecular formula is C11H20N4O2. The van der Waals surface area contributed by atoms with Crippen molar-refractivity contribution >= 4 is 6.09 Å². The molecule has 17 heavy (non-hydrogen) atoms. The Morgan fingerprint density at radius 2 is 2.24 bits per heavy atom. The number of nitrogens with zero attached hydrogens (tertiary/aromatic N) is 3. The van der Waals surface area contributed by atoms with Gasteiger partial charge in [0.2, 0.25) is 0 Å². The summed E-state index contributed by atoms with van der Waals surface area (Å²) in [6.45, 7) is 5.94. The molecule has 0 bridgehead atoms. The van der Waals surface area contributed by atoms with Crippen molar-refractivity contribution in [2.24, 2.45) is 11.0 Å². The van der Waals surface area contributed by atoms with Gasteiger partial charge in [0.05, 0.1) is 0 Å². The maximum Gasteiger partial charge on any atom is 0.407 e. The fourth-order valence-corrected chi connectivity index (χ4v) is 2.05. The SMILES string of the molecule is CC(C)(C)OC(=O)N[C@@H]1CCC[C@@H]1CN=[N+]=[N-]. The van der Waals surface area contributed by atoms with Crippen molar-refractivity contribution in [3.8, 4) is 0 Å². The summed E-state index contributed by atoms with van der Waals surface area (Å²) in [6, 6.07) is 0.0651. The first-order chi connectivity index (χ1) is 7.92. The third-order valence-electron chi connectivity index (χ3n) is 2.74. The summed E-state index contributed by atoms with van der Waals surface area (Å²) in [5, 5.41) is 6.42. The van der Waals surface area contributed by atoms with Gasteiger partial charge in [0.25, 0.3) is 0 Å². The number of nitrogens with one attached hydrogen (secondary N) is 1. The van der Waals surface area contributed by atoms with Crippen LogP contribution in [0.1, 0.15) is 40.0 Å². The lowest BCUT2D eigenvalue weighted by atomic mass is 10.0. The van der Waals surface area contributed by atoms with Crippen LogP contribution in [0.25, 0.3) is 10.4 Å². The lowest BCUT2D eigenvalue weighted by molar-refractivity contribution is 0.0494. The summed E-state index contributed by atoms with van der Waals surface area (Å²) >= 11 is 0. The van der Waals surface area contributed by atoms with Crippen molar-refractivity contribution in [2.45, 2.75) is 51.7 Å². The summed E-state index contributed by atoms with van der Waals surface area (Å²) in [4.78, 5) is 14.4. The molecule has 6 heteroatoms. The Hall–Kier alpha value is -1.42. The van der Waals surface area contributed by atoms with Gasteiger partial charge in [-0.2, -0.15) is 0 Å². The van der Waals surface area contributed by atoms with E-state index in [0.29, 0.717) is 6.54 Å². The van der Waals surface area contributed by atoms with Crippen molar-refractivity contribution in [1.82, 2.24) is 5.32 Å². The van der Waals surface area contributed by atoms with E-state index in [1.165, 1.54) is 0 Å². The molecule has 96 valence electrons. The summed E-state index contributed by atoms with van der Waals surface area (Å²) in [5.74, 6) is 0.235. The van der Waals surface area contributed by atoms with Gasteiger partial charge in [-0.15, -0.1) is 0 Å². The van der Waals surface area contributed by atoms with Crippen LogP contribution in [0.15, 0.2) is 5.11 Å². The largest absolute Gasteiger partial charge is 0.444 e. The van der Waals surface area contributed by atoms with Gasteiger partial charge in [0.15, 0.2) is 0 Å². The highest BCUT2D eigenvalue weighted by atomic mass is 16.6. The predicted molar refractivity (Wildman–Crippen MR) is 64.5 cm³/mol. The molecule has 0 saturated heterocycles. The van der Waals surface area contributed by atoms with Gasteiger partial charge in [-0.3, -0.25) is 0 Å². The molecule has 2 atom stereocenters. The number of ether oxygens (including phenoxy) is 1. The van der Waals surface area contributed by atoms with Gasteiger partial charge in [-0.1, -0.05) is 11.5 Å². The second-order valence-electron chi connectivity index (χ2n) is 5.36. The average Bonchev–Trinajstić information content (AvgIpc) is 2.59. The van der Waals surface area contributed by atoms with E-state index >= 15 is 0 Å². The van der Waals surface area contributed by atoms with E-state index in [2.05, 4.69) is 15.3 Å². The topological polar surface area (TPSA) is 87.1 Å². The zero-order chi connectivity index (χ0) is 12.9. The zero-order valence-electron chi connectivity index (χ0n) is 10.6. The Morgan fingerprint density at radius 1 is 1.53 bits per heavy atom. The zero-order valence-corrected chi connectivity index (χ0v) is 10.6. The molecule has 6 nitrogen and oxygen atoms in total. The lowest BCUT2D eigenvalue weighted by Gasteiger charge is -2.24. The molecule has 1 N–H and O–H groups in total. The van der Waals surface area contributed by atoms with E-state index in [4.69, 9.17) is 10.3 Å². The lowest BCUT2D eigenvalue weighted by Crippen LogP contribution is -2.41. The molecule has 1 aliphatic carbocycles. The Labute approximate surface area is 101 Å². The summed E-state index contributed by atoms with van der Waals surface area (Å²) in [5.41, 5.74) is 7.81. The van der Waals surface area contributed by atoms with Crippen LogP contribution in [0.3, 0.4) is 0 Å². The quantitative estimate of drug-likeness (QED) is 0.467. The van der Waals surface area contributed by atoms with Crippen molar-refractivity contribution in [3.63, 3.8) is 0 Å². The first-order valence-corrected chi connectivity index (χ1v) is 5.93. The Balaban J connectivity index is 2.44. The number of hydrogen-bond donors (Lipinski definition) is 1. The van der Waals surface area contributed by atoms with Crippen LogP contribution in [-0.4, -0.2) is 24.3 Å². The number of amides is 1. The van der Waals surface area contributed by atoms with E-state index in [1.54, 1.807) is 0 Å². The molecule has 0 radical (unpaired) electrons. The van der Waals surface area contributed by atoms with E-state index in [0.717, 1.165) is 19.3 Å².